The van der Waals surface area contributed by atoms with Crippen molar-refractivity contribution < 1.29 is 37.7 Å². The van der Waals surface area contributed by atoms with Gasteiger partial charge in [0.05, 0.1) is 0 Å². The standard InChI is InChI=1S/C14H16O8P2/c1-23(15,16)21-13-7-3-11(4-8-13)19-20-12-5-9-14(10-6-12)22-24(2,17)18/h3-10H,1-2H3,(H,15,16)(H,17,18). The fourth-order valence-electron chi connectivity index (χ4n) is 1.60. The van der Waals surface area contributed by atoms with Crippen LogP contribution in [-0.2, 0) is 9.13 Å². The van der Waals surface area contributed by atoms with E-state index in [0.29, 0.717) is 11.5 Å². The van der Waals surface area contributed by atoms with Crippen molar-refractivity contribution in [1.29, 1.82) is 0 Å². The molecule has 8 nitrogen and oxygen atoms in total. The van der Waals surface area contributed by atoms with Gasteiger partial charge in [-0.05, 0) is 48.5 Å². The summed E-state index contributed by atoms with van der Waals surface area (Å²) in [6, 6.07) is 11.8. The van der Waals surface area contributed by atoms with E-state index in [1.807, 2.05) is 0 Å². The predicted molar refractivity (Wildman–Crippen MR) is 86.9 cm³/mol. The first-order valence-corrected chi connectivity index (χ1v) is 10.7. The molecule has 0 saturated heterocycles. The van der Waals surface area contributed by atoms with Crippen LogP contribution in [0.25, 0.3) is 0 Å². The molecule has 10 heteroatoms. The van der Waals surface area contributed by atoms with Crippen molar-refractivity contribution in [3.63, 3.8) is 0 Å². The topological polar surface area (TPSA) is 112 Å². The summed E-state index contributed by atoms with van der Waals surface area (Å²) in [5.74, 6) is 1.15. The first kappa shape index (κ1) is 18.4. The molecule has 2 atom stereocenters. The average molecular weight is 374 g/mol. The number of benzene rings is 2. The van der Waals surface area contributed by atoms with Crippen molar-refractivity contribution in [3.8, 4) is 23.0 Å². The van der Waals surface area contributed by atoms with Crippen LogP contribution in [0.1, 0.15) is 0 Å². The lowest BCUT2D eigenvalue weighted by Crippen LogP contribution is -2.00. The molecule has 0 aliphatic rings. The molecule has 0 aliphatic heterocycles. The Hall–Kier alpha value is -1.98. The van der Waals surface area contributed by atoms with Gasteiger partial charge in [0, 0.05) is 13.3 Å². The summed E-state index contributed by atoms with van der Waals surface area (Å²) in [7, 11) is -7.22. The largest absolute Gasteiger partial charge is 0.425 e. The van der Waals surface area contributed by atoms with Gasteiger partial charge in [-0.2, -0.15) is 0 Å². The molecule has 0 radical (unpaired) electrons. The molecule has 0 aliphatic carbocycles. The van der Waals surface area contributed by atoms with E-state index in [1.165, 1.54) is 48.5 Å². The van der Waals surface area contributed by atoms with Gasteiger partial charge in [-0.15, -0.1) is 0 Å². The Balaban J connectivity index is 1.91. The third-order valence-corrected chi connectivity index (χ3v) is 3.53. The highest BCUT2D eigenvalue weighted by molar-refractivity contribution is 7.52. The first-order valence-electron chi connectivity index (χ1n) is 6.65. The minimum atomic E-state index is -3.61. The van der Waals surface area contributed by atoms with Crippen molar-refractivity contribution in [3.05, 3.63) is 48.5 Å². The lowest BCUT2D eigenvalue weighted by molar-refractivity contribution is -0.0999. The highest BCUT2D eigenvalue weighted by Gasteiger charge is 2.12. The Morgan fingerprint density at radius 2 is 0.875 bits per heavy atom. The van der Waals surface area contributed by atoms with Gasteiger partial charge in [-0.3, -0.25) is 9.78 Å². The predicted octanol–water partition coefficient (Wildman–Crippen LogP) is 3.45. The summed E-state index contributed by atoms with van der Waals surface area (Å²) in [6.07, 6.45) is 0. The van der Waals surface area contributed by atoms with Crippen molar-refractivity contribution >= 4 is 15.2 Å². The molecule has 2 unspecified atom stereocenters. The fourth-order valence-corrected chi connectivity index (χ4v) is 2.63. The summed E-state index contributed by atoms with van der Waals surface area (Å²) in [5, 5.41) is 0. The van der Waals surface area contributed by atoms with Crippen LogP contribution >= 0.6 is 15.2 Å². The summed E-state index contributed by atoms with van der Waals surface area (Å²) in [5.41, 5.74) is 0. The Morgan fingerprint density at radius 1 is 0.625 bits per heavy atom. The van der Waals surface area contributed by atoms with Crippen molar-refractivity contribution in [2.24, 2.45) is 0 Å². The molecule has 0 saturated carbocycles. The molecule has 0 amide bonds. The van der Waals surface area contributed by atoms with Crippen molar-refractivity contribution in [1.82, 2.24) is 0 Å². The number of hydrogen-bond donors (Lipinski definition) is 2. The van der Waals surface area contributed by atoms with E-state index in [4.69, 9.17) is 28.6 Å². The van der Waals surface area contributed by atoms with Gasteiger partial charge in [0.1, 0.15) is 11.5 Å². The Morgan fingerprint density at radius 3 is 1.12 bits per heavy atom. The summed E-state index contributed by atoms with van der Waals surface area (Å²) < 4.78 is 31.9. The van der Waals surface area contributed by atoms with Crippen molar-refractivity contribution in [2.75, 3.05) is 13.3 Å². The summed E-state index contributed by atoms with van der Waals surface area (Å²) >= 11 is 0. The van der Waals surface area contributed by atoms with E-state index in [1.54, 1.807) is 0 Å². The maximum atomic E-state index is 11.1. The molecule has 24 heavy (non-hydrogen) atoms. The van der Waals surface area contributed by atoms with Gasteiger partial charge in [0.2, 0.25) is 0 Å². The van der Waals surface area contributed by atoms with E-state index >= 15 is 0 Å². The van der Waals surface area contributed by atoms with E-state index < -0.39 is 15.2 Å². The zero-order valence-electron chi connectivity index (χ0n) is 12.9. The van der Waals surface area contributed by atoms with Crippen LogP contribution < -0.4 is 18.8 Å². The molecule has 2 aromatic rings. The molecule has 0 aromatic heterocycles. The van der Waals surface area contributed by atoms with Crippen LogP contribution in [0.2, 0.25) is 0 Å². The highest BCUT2D eigenvalue weighted by Crippen LogP contribution is 2.39. The van der Waals surface area contributed by atoms with Crippen LogP contribution in [0, 0.1) is 0 Å². The minimum Gasteiger partial charge on any atom is -0.425 e. The minimum absolute atomic E-state index is 0.227. The zero-order valence-corrected chi connectivity index (χ0v) is 14.6. The van der Waals surface area contributed by atoms with E-state index in [9.17, 15) is 9.13 Å². The lowest BCUT2D eigenvalue weighted by Gasteiger charge is -2.10. The summed E-state index contributed by atoms with van der Waals surface area (Å²) in [4.78, 5) is 28.4. The van der Waals surface area contributed by atoms with Gasteiger partial charge in [-0.1, -0.05) is 0 Å². The van der Waals surface area contributed by atoms with Crippen LogP contribution in [0.4, 0.5) is 0 Å². The molecule has 0 fully saturated rings. The first-order chi connectivity index (χ1) is 11.1. The average Bonchev–Trinajstić information content (AvgIpc) is 2.45. The van der Waals surface area contributed by atoms with E-state index in [0.717, 1.165) is 13.3 Å². The SMILES string of the molecule is CP(=O)(O)Oc1ccc(OOc2ccc(OP(C)(=O)O)cc2)cc1. The maximum Gasteiger partial charge on any atom is 0.373 e. The third kappa shape index (κ3) is 6.64. The molecular weight excluding hydrogens is 358 g/mol. The van der Waals surface area contributed by atoms with Gasteiger partial charge < -0.3 is 18.8 Å². The third-order valence-electron chi connectivity index (χ3n) is 2.43. The quantitative estimate of drug-likeness (QED) is 0.431. The van der Waals surface area contributed by atoms with E-state index in [2.05, 4.69) is 0 Å². The molecule has 2 N–H and O–H groups in total. The fraction of sp³-hybridized carbons (Fsp3) is 0.143. The Kier molecular flexibility index (Phi) is 5.57. The molecule has 2 aromatic carbocycles. The van der Waals surface area contributed by atoms with Gasteiger partial charge in [-0.25, -0.2) is 9.13 Å². The second kappa shape index (κ2) is 7.28. The monoisotopic (exact) mass is 374 g/mol. The van der Waals surface area contributed by atoms with E-state index in [-0.39, 0.29) is 11.5 Å². The molecule has 0 bridgehead atoms. The van der Waals surface area contributed by atoms with Gasteiger partial charge >= 0.3 is 15.2 Å². The smallest absolute Gasteiger partial charge is 0.373 e. The molecule has 130 valence electrons. The number of hydrogen-bond acceptors (Lipinski definition) is 6. The highest BCUT2D eigenvalue weighted by atomic mass is 31.2. The molecular formula is C14H16O8P2. The maximum absolute atomic E-state index is 11.1. The number of rotatable bonds is 7. The van der Waals surface area contributed by atoms with Crippen LogP contribution in [-0.4, -0.2) is 23.1 Å². The normalized spacial score (nSPS) is 15.7. The van der Waals surface area contributed by atoms with Crippen molar-refractivity contribution in [2.45, 2.75) is 0 Å². The zero-order chi connectivity index (χ0) is 17.8. The van der Waals surface area contributed by atoms with Crippen LogP contribution in [0.15, 0.2) is 48.5 Å². The van der Waals surface area contributed by atoms with Crippen LogP contribution in [0.3, 0.4) is 0 Å². The second-order valence-electron chi connectivity index (χ2n) is 4.90. The Bertz CT molecular complexity index is 693. The second-order valence-corrected chi connectivity index (χ2v) is 8.48. The molecule has 0 heterocycles. The van der Waals surface area contributed by atoms with Gasteiger partial charge in [0.25, 0.3) is 0 Å². The van der Waals surface area contributed by atoms with Crippen LogP contribution in [0.5, 0.6) is 23.0 Å². The van der Waals surface area contributed by atoms with Gasteiger partial charge in [0.15, 0.2) is 11.5 Å². The lowest BCUT2D eigenvalue weighted by atomic mass is 10.3. The molecule has 0 spiro atoms. The summed E-state index contributed by atoms with van der Waals surface area (Å²) in [6.45, 7) is 2.17. The molecule has 2 rings (SSSR count). The Labute approximate surface area is 138 Å².